The number of anilines is 1. The first-order valence-corrected chi connectivity index (χ1v) is 10.3. The molecule has 0 radical (unpaired) electrons. The second kappa shape index (κ2) is 9.43. The van der Waals surface area contributed by atoms with Crippen LogP contribution in [0.1, 0.15) is 17.0 Å². The van der Waals surface area contributed by atoms with Gasteiger partial charge in [0, 0.05) is 6.08 Å². The lowest BCUT2D eigenvalue weighted by molar-refractivity contribution is -0.384. The normalized spacial score (nSPS) is 11.0. The van der Waals surface area contributed by atoms with Crippen molar-refractivity contribution in [1.29, 1.82) is 10.5 Å². The molecule has 4 rings (SSSR count). The Kier molecular flexibility index (Phi) is 6.23. The van der Waals surface area contributed by atoms with E-state index in [9.17, 15) is 20.6 Å². The number of para-hydroxylation sites is 1. The maximum atomic E-state index is 11.2. The number of aromatic nitrogens is 2. The van der Waals surface area contributed by atoms with Crippen molar-refractivity contribution in [3.8, 4) is 34.9 Å². The zero-order chi connectivity index (χ0) is 25.1. The summed E-state index contributed by atoms with van der Waals surface area (Å²) >= 11 is 6.05. The van der Waals surface area contributed by atoms with E-state index in [0.29, 0.717) is 17.0 Å². The van der Waals surface area contributed by atoms with Gasteiger partial charge < -0.3 is 14.9 Å². The topological polar surface area (TPSA) is 157 Å². The summed E-state index contributed by atoms with van der Waals surface area (Å²) in [5.41, 5.74) is 7.06. The first kappa shape index (κ1) is 23.1. The van der Waals surface area contributed by atoms with E-state index in [2.05, 4.69) is 5.10 Å². The SMILES string of the molecule is COc1cc([N+](=O)[O-])c(Cl)cc1-c1ccc(/C=C(\C#N)c2nn(-c3ccccc3)c(N)c2C#N)o1. The van der Waals surface area contributed by atoms with Gasteiger partial charge in [0.1, 0.15) is 51.5 Å². The number of rotatable bonds is 6. The Morgan fingerprint density at radius 1 is 1.26 bits per heavy atom. The van der Waals surface area contributed by atoms with Crippen LogP contribution in [0, 0.1) is 32.8 Å². The first-order chi connectivity index (χ1) is 16.9. The Morgan fingerprint density at radius 3 is 2.63 bits per heavy atom. The zero-order valence-electron chi connectivity index (χ0n) is 18.1. The van der Waals surface area contributed by atoms with Crippen molar-refractivity contribution < 1.29 is 14.1 Å². The number of nitrogens with two attached hydrogens (primary N) is 1. The molecule has 10 nitrogen and oxygen atoms in total. The molecular formula is C24H15ClN6O4. The summed E-state index contributed by atoms with van der Waals surface area (Å²) in [5.74, 6) is 0.856. The molecule has 11 heteroatoms. The molecule has 2 aromatic heterocycles. The van der Waals surface area contributed by atoms with Crippen LogP contribution in [-0.2, 0) is 0 Å². The van der Waals surface area contributed by atoms with Crippen LogP contribution in [0.3, 0.4) is 0 Å². The van der Waals surface area contributed by atoms with Crippen LogP contribution in [-0.4, -0.2) is 21.8 Å². The van der Waals surface area contributed by atoms with Crippen molar-refractivity contribution in [2.75, 3.05) is 12.8 Å². The monoisotopic (exact) mass is 486 g/mol. The van der Waals surface area contributed by atoms with Crippen molar-refractivity contribution in [1.82, 2.24) is 9.78 Å². The number of halogens is 1. The number of hydrogen-bond donors (Lipinski definition) is 1. The number of hydrogen-bond acceptors (Lipinski definition) is 8. The molecule has 0 saturated carbocycles. The molecule has 0 aliphatic rings. The fourth-order valence-electron chi connectivity index (χ4n) is 3.41. The lowest BCUT2D eigenvalue weighted by atomic mass is 10.1. The summed E-state index contributed by atoms with van der Waals surface area (Å²) in [6, 6.07) is 18.8. The fraction of sp³-hybridized carbons (Fsp3) is 0.0417. The molecular weight excluding hydrogens is 472 g/mol. The number of furan rings is 1. The molecule has 0 unspecified atom stereocenters. The van der Waals surface area contributed by atoms with Crippen molar-refractivity contribution in [2.24, 2.45) is 0 Å². The molecule has 0 saturated heterocycles. The highest BCUT2D eigenvalue weighted by atomic mass is 35.5. The van der Waals surface area contributed by atoms with Crippen LogP contribution in [0.5, 0.6) is 5.75 Å². The minimum atomic E-state index is -0.614. The number of ether oxygens (including phenoxy) is 1. The van der Waals surface area contributed by atoms with Crippen molar-refractivity contribution in [3.63, 3.8) is 0 Å². The summed E-state index contributed by atoms with van der Waals surface area (Å²) in [4.78, 5) is 10.5. The Morgan fingerprint density at radius 2 is 2.00 bits per heavy atom. The predicted octanol–water partition coefficient (Wildman–Crippen LogP) is 5.22. The molecule has 35 heavy (non-hydrogen) atoms. The smallest absolute Gasteiger partial charge is 0.291 e. The van der Waals surface area contributed by atoms with Crippen LogP contribution < -0.4 is 10.5 Å². The average Bonchev–Trinajstić information content (AvgIpc) is 3.46. The van der Waals surface area contributed by atoms with E-state index in [4.69, 9.17) is 26.5 Å². The number of benzene rings is 2. The van der Waals surface area contributed by atoms with Crippen molar-refractivity contribution >= 4 is 34.8 Å². The molecule has 172 valence electrons. The molecule has 0 spiro atoms. The van der Waals surface area contributed by atoms with Gasteiger partial charge >= 0.3 is 0 Å². The van der Waals surface area contributed by atoms with E-state index in [-0.39, 0.29) is 44.9 Å². The van der Waals surface area contributed by atoms with E-state index < -0.39 is 4.92 Å². The van der Waals surface area contributed by atoms with Crippen LogP contribution in [0.15, 0.2) is 59.0 Å². The largest absolute Gasteiger partial charge is 0.496 e. The summed E-state index contributed by atoms with van der Waals surface area (Å²) in [6.45, 7) is 0. The van der Waals surface area contributed by atoms with E-state index in [0.717, 1.165) is 0 Å². The highest BCUT2D eigenvalue weighted by molar-refractivity contribution is 6.33. The summed E-state index contributed by atoms with van der Waals surface area (Å²) < 4.78 is 12.5. The van der Waals surface area contributed by atoms with Gasteiger partial charge in [0.05, 0.1) is 34.9 Å². The van der Waals surface area contributed by atoms with Gasteiger partial charge in [-0.15, -0.1) is 0 Å². The predicted molar refractivity (Wildman–Crippen MR) is 129 cm³/mol. The second-order valence-corrected chi connectivity index (χ2v) is 7.51. The van der Waals surface area contributed by atoms with Gasteiger partial charge in [-0.2, -0.15) is 15.6 Å². The van der Waals surface area contributed by atoms with Gasteiger partial charge in [-0.05, 0) is 30.3 Å². The lowest BCUT2D eigenvalue weighted by Crippen LogP contribution is -2.02. The highest BCUT2D eigenvalue weighted by Crippen LogP contribution is 2.39. The number of allylic oxidation sites excluding steroid dienone is 1. The fourth-order valence-corrected chi connectivity index (χ4v) is 3.64. The Labute approximate surface area is 203 Å². The Bertz CT molecular complexity index is 1560. The maximum Gasteiger partial charge on any atom is 0.291 e. The Hall–Kier alpha value is -5.06. The molecule has 4 aromatic rings. The minimum Gasteiger partial charge on any atom is -0.496 e. The molecule has 0 fully saturated rings. The molecule has 2 heterocycles. The molecule has 0 aliphatic heterocycles. The molecule has 0 atom stereocenters. The van der Waals surface area contributed by atoms with Gasteiger partial charge in [0.25, 0.3) is 5.69 Å². The summed E-state index contributed by atoms with van der Waals surface area (Å²) in [7, 11) is 1.37. The highest BCUT2D eigenvalue weighted by Gasteiger charge is 2.22. The summed E-state index contributed by atoms with van der Waals surface area (Å²) in [6.07, 6.45) is 1.42. The van der Waals surface area contributed by atoms with Crippen molar-refractivity contribution in [2.45, 2.75) is 0 Å². The lowest BCUT2D eigenvalue weighted by Gasteiger charge is -2.07. The van der Waals surface area contributed by atoms with Gasteiger partial charge in [-0.25, -0.2) is 4.68 Å². The van der Waals surface area contributed by atoms with Gasteiger partial charge in [-0.1, -0.05) is 29.8 Å². The number of nitro benzene ring substituents is 1. The molecule has 2 N–H and O–H groups in total. The van der Waals surface area contributed by atoms with Gasteiger partial charge in [-0.3, -0.25) is 10.1 Å². The number of nitriles is 2. The third kappa shape index (κ3) is 4.29. The van der Waals surface area contributed by atoms with E-state index in [1.54, 1.807) is 36.4 Å². The van der Waals surface area contributed by atoms with Crippen LogP contribution in [0.4, 0.5) is 11.5 Å². The van der Waals surface area contributed by atoms with Crippen LogP contribution in [0.25, 0.3) is 28.7 Å². The average molecular weight is 487 g/mol. The number of nitrogen functional groups attached to an aromatic ring is 1. The second-order valence-electron chi connectivity index (χ2n) is 7.10. The molecule has 0 aliphatic carbocycles. The summed E-state index contributed by atoms with van der Waals surface area (Å²) in [5, 5.41) is 34.9. The van der Waals surface area contributed by atoms with Gasteiger partial charge in [0.2, 0.25) is 0 Å². The van der Waals surface area contributed by atoms with E-state index in [1.807, 2.05) is 18.2 Å². The van der Waals surface area contributed by atoms with Crippen LogP contribution in [0.2, 0.25) is 5.02 Å². The number of nitrogens with zero attached hydrogens (tertiary/aromatic N) is 5. The molecule has 0 amide bonds. The third-order valence-corrected chi connectivity index (χ3v) is 5.36. The molecule has 2 aromatic carbocycles. The number of methoxy groups -OCH3 is 1. The standard InChI is InChI=1S/C24H15ClN6O4/c1-34-22-11-20(31(32)33)19(25)10-17(22)21-8-7-16(35-21)9-14(12-26)23-18(13-27)24(28)30(29-23)15-5-3-2-4-6-15/h2-11H,28H2,1H3/b14-9+. The minimum absolute atomic E-state index is 0.0530. The molecule has 0 bridgehead atoms. The number of nitro groups is 1. The quantitative estimate of drug-likeness (QED) is 0.220. The van der Waals surface area contributed by atoms with E-state index in [1.165, 1.54) is 30.0 Å². The van der Waals surface area contributed by atoms with Gasteiger partial charge in [0.15, 0.2) is 0 Å². The zero-order valence-corrected chi connectivity index (χ0v) is 18.9. The maximum absolute atomic E-state index is 11.2. The van der Waals surface area contributed by atoms with Crippen LogP contribution >= 0.6 is 11.6 Å². The Balaban J connectivity index is 1.77. The third-order valence-electron chi connectivity index (χ3n) is 5.05. The first-order valence-electron chi connectivity index (χ1n) is 9.96. The van der Waals surface area contributed by atoms with Crippen molar-refractivity contribution in [3.05, 3.63) is 86.8 Å². The van der Waals surface area contributed by atoms with E-state index >= 15 is 0 Å².